The molecule has 0 aliphatic heterocycles. The second-order valence-electron chi connectivity index (χ2n) is 3.61. The van der Waals surface area contributed by atoms with Gasteiger partial charge in [-0.3, -0.25) is 5.43 Å². The molecule has 0 amide bonds. The second-order valence-corrected chi connectivity index (χ2v) is 5.94. The summed E-state index contributed by atoms with van der Waals surface area (Å²) >= 11 is 5.61. The molecule has 0 saturated carbocycles. The van der Waals surface area contributed by atoms with E-state index in [0.29, 0.717) is 6.07 Å². The maximum Gasteiger partial charge on any atom is 0.416 e. The number of anilines is 1. The highest BCUT2D eigenvalue weighted by Gasteiger charge is 2.30. The van der Waals surface area contributed by atoms with Gasteiger partial charge in [-0.1, -0.05) is 11.6 Å². The third-order valence-electron chi connectivity index (χ3n) is 2.02. The van der Waals surface area contributed by atoms with Crippen LogP contribution in [0.25, 0.3) is 0 Å². The normalized spacial score (nSPS) is 12.9. The van der Waals surface area contributed by atoms with Crippen molar-refractivity contribution in [3.05, 3.63) is 28.8 Å². The first-order valence-corrected chi connectivity index (χ1v) is 7.13. The molecule has 108 valence electrons. The van der Waals surface area contributed by atoms with Crippen molar-refractivity contribution < 1.29 is 21.6 Å². The van der Waals surface area contributed by atoms with E-state index in [1.54, 1.807) is 0 Å². The Bertz CT molecular complexity index is 693. The Labute approximate surface area is 117 Å². The molecule has 1 aromatic rings. The number of rotatable bonds is 2. The first-order valence-electron chi connectivity index (χ1n) is 4.86. The molecule has 0 aromatic heterocycles. The molecule has 0 heterocycles. The van der Waals surface area contributed by atoms with E-state index in [2.05, 4.69) is 10.5 Å². The number of hydrogen-bond acceptors (Lipinski definition) is 5. The van der Waals surface area contributed by atoms with E-state index in [1.807, 2.05) is 0 Å². The van der Waals surface area contributed by atoms with Gasteiger partial charge in [0.15, 0.2) is 0 Å². The number of hydrogen-bond donors (Lipinski definition) is 1. The summed E-state index contributed by atoms with van der Waals surface area (Å²) in [4.78, 5) is 0. The van der Waals surface area contributed by atoms with Crippen molar-refractivity contribution >= 4 is 32.2 Å². The minimum Gasteiger partial charge on any atom is -0.275 e. The van der Waals surface area contributed by atoms with Crippen molar-refractivity contribution in [2.75, 3.05) is 11.7 Å². The molecule has 10 heteroatoms. The molecular weight excluding hydrogens is 319 g/mol. The standard InChI is InChI=1S/C10H7ClF3N3O2S/c1-20(18,19)9(5-15)17-16-8-3-2-6(4-7(8)11)10(12,13)14/h2-4,16H,1H3/b17-9-. The third-order valence-corrected chi connectivity index (χ3v) is 3.22. The number of halogens is 4. The Morgan fingerprint density at radius 3 is 2.45 bits per heavy atom. The summed E-state index contributed by atoms with van der Waals surface area (Å²) < 4.78 is 59.3. The minimum absolute atomic E-state index is 0.0592. The van der Waals surface area contributed by atoms with E-state index in [1.165, 1.54) is 6.07 Å². The molecule has 0 atom stereocenters. The Kier molecular flexibility index (Phi) is 4.62. The van der Waals surface area contributed by atoms with Gasteiger partial charge in [0.2, 0.25) is 9.84 Å². The average molecular weight is 326 g/mol. The second kappa shape index (κ2) is 5.68. The van der Waals surface area contributed by atoms with E-state index < -0.39 is 26.6 Å². The lowest BCUT2D eigenvalue weighted by Gasteiger charge is -2.09. The smallest absolute Gasteiger partial charge is 0.275 e. The fourth-order valence-electron chi connectivity index (χ4n) is 1.08. The highest BCUT2D eigenvalue weighted by molar-refractivity contribution is 8.06. The number of nitrogens with one attached hydrogen (secondary N) is 1. The van der Waals surface area contributed by atoms with Gasteiger partial charge >= 0.3 is 6.18 Å². The van der Waals surface area contributed by atoms with Crippen LogP contribution in [0, 0.1) is 11.3 Å². The van der Waals surface area contributed by atoms with Gasteiger partial charge in [0.1, 0.15) is 6.07 Å². The van der Waals surface area contributed by atoms with Crippen LogP contribution in [0.3, 0.4) is 0 Å². The summed E-state index contributed by atoms with van der Waals surface area (Å²) in [5.74, 6) is 0. The van der Waals surface area contributed by atoms with Crippen molar-refractivity contribution in [1.29, 1.82) is 5.26 Å². The number of benzene rings is 1. The topological polar surface area (TPSA) is 82.3 Å². The summed E-state index contributed by atoms with van der Waals surface area (Å²) in [6, 6.07) is 3.73. The third kappa shape index (κ3) is 4.11. The number of nitrogens with zero attached hydrogens (tertiary/aromatic N) is 2. The number of alkyl halides is 3. The lowest BCUT2D eigenvalue weighted by atomic mass is 10.2. The fourth-order valence-corrected chi connectivity index (χ4v) is 1.68. The maximum absolute atomic E-state index is 12.4. The molecule has 0 saturated heterocycles. The molecule has 5 nitrogen and oxygen atoms in total. The predicted molar refractivity (Wildman–Crippen MR) is 68.0 cm³/mol. The van der Waals surface area contributed by atoms with E-state index in [-0.39, 0.29) is 10.7 Å². The first kappa shape index (κ1) is 16.3. The molecule has 1 aromatic carbocycles. The average Bonchev–Trinajstić information content (AvgIpc) is 2.28. The maximum atomic E-state index is 12.4. The highest BCUT2D eigenvalue weighted by atomic mass is 35.5. The van der Waals surface area contributed by atoms with Gasteiger partial charge in [0.25, 0.3) is 5.04 Å². The Balaban J connectivity index is 3.08. The van der Waals surface area contributed by atoms with E-state index in [0.717, 1.165) is 18.4 Å². The summed E-state index contributed by atoms with van der Waals surface area (Å²) in [7, 11) is -3.83. The largest absolute Gasteiger partial charge is 0.416 e. The molecule has 1 rings (SSSR count). The number of hydrazone groups is 1. The van der Waals surface area contributed by atoms with Crippen LogP contribution in [0.1, 0.15) is 5.56 Å². The van der Waals surface area contributed by atoms with Gasteiger partial charge in [-0.25, -0.2) is 8.42 Å². The van der Waals surface area contributed by atoms with Crippen LogP contribution in [0.15, 0.2) is 23.3 Å². The van der Waals surface area contributed by atoms with Crippen molar-refractivity contribution in [3.63, 3.8) is 0 Å². The van der Waals surface area contributed by atoms with Gasteiger partial charge in [-0.2, -0.15) is 23.5 Å². The van der Waals surface area contributed by atoms with Crippen LogP contribution in [0.2, 0.25) is 5.02 Å². The molecule has 0 spiro atoms. The Morgan fingerprint density at radius 2 is 2.05 bits per heavy atom. The van der Waals surface area contributed by atoms with Crippen LogP contribution in [0.4, 0.5) is 18.9 Å². The molecule has 20 heavy (non-hydrogen) atoms. The van der Waals surface area contributed by atoms with Crippen LogP contribution < -0.4 is 5.43 Å². The predicted octanol–water partition coefficient (Wildman–Crippen LogP) is 2.65. The van der Waals surface area contributed by atoms with Crippen LogP contribution in [0.5, 0.6) is 0 Å². The number of nitriles is 1. The Hall–Kier alpha value is -1.79. The fraction of sp³-hybridized carbons (Fsp3) is 0.200. The van der Waals surface area contributed by atoms with Crippen molar-refractivity contribution in [1.82, 2.24) is 0 Å². The van der Waals surface area contributed by atoms with E-state index in [9.17, 15) is 21.6 Å². The Morgan fingerprint density at radius 1 is 1.45 bits per heavy atom. The van der Waals surface area contributed by atoms with Gasteiger partial charge in [-0.15, -0.1) is 0 Å². The lowest BCUT2D eigenvalue weighted by Crippen LogP contribution is -2.12. The monoisotopic (exact) mass is 325 g/mol. The molecule has 0 fully saturated rings. The summed E-state index contributed by atoms with van der Waals surface area (Å²) in [5, 5.41) is 10.7. The van der Waals surface area contributed by atoms with Gasteiger partial charge in [0.05, 0.1) is 16.3 Å². The van der Waals surface area contributed by atoms with Crippen LogP contribution in [-0.4, -0.2) is 19.7 Å². The summed E-state index contributed by atoms with van der Waals surface area (Å²) in [6.45, 7) is 0. The minimum atomic E-state index is -4.55. The zero-order valence-corrected chi connectivity index (χ0v) is 11.4. The SMILES string of the molecule is CS(=O)(=O)/C(C#N)=N\Nc1ccc(C(F)(F)F)cc1Cl. The van der Waals surface area contributed by atoms with Crippen LogP contribution >= 0.6 is 11.6 Å². The van der Waals surface area contributed by atoms with Gasteiger partial charge < -0.3 is 0 Å². The quantitative estimate of drug-likeness (QED) is 0.515. The van der Waals surface area contributed by atoms with Gasteiger partial charge in [-0.05, 0) is 18.2 Å². The summed E-state index contributed by atoms with van der Waals surface area (Å²) in [5.41, 5.74) is 1.12. The summed E-state index contributed by atoms with van der Waals surface area (Å²) in [6.07, 6.45) is -3.78. The molecule has 1 N–H and O–H groups in total. The molecule has 0 bridgehead atoms. The van der Waals surface area contributed by atoms with Crippen molar-refractivity contribution in [2.45, 2.75) is 6.18 Å². The zero-order chi connectivity index (χ0) is 15.6. The molecule has 0 unspecified atom stereocenters. The highest BCUT2D eigenvalue weighted by Crippen LogP contribution is 2.33. The zero-order valence-electron chi connectivity index (χ0n) is 9.86. The van der Waals surface area contributed by atoms with Gasteiger partial charge in [0, 0.05) is 6.26 Å². The van der Waals surface area contributed by atoms with Crippen LogP contribution in [-0.2, 0) is 16.0 Å². The van der Waals surface area contributed by atoms with Crippen molar-refractivity contribution in [2.24, 2.45) is 5.10 Å². The van der Waals surface area contributed by atoms with Crippen molar-refractivity contribution in [3.8, 4) is 6.07 Å². The van der Waals surface area contributed by atoms with E-state index >= 15 is 0 Å². The molecule has 0 aliphatic rings. The molecular formula is C10H7ClF3N3O2S. The first-order chi connectivity index (χ1) is 9.05. The molecule has 0 radical (unpaired) electrons. The lowest BCUT2D eigenvalue weighted by molar-refractivity contribution is -0.137. The number of sulfone groups is 1. The molecule has 0 aliphatic carbocycles. The van der Waals surface area contributed by atoms with E-state index in [4.69, 9.17) is 16.9 Å².